The number of para-hydroxylation sites is 1. The number of ether oxygens (including phenoxy) is 2. The number of hydrogen-bond acceptors (Lipinski definition) is 5. The second-order valence-electron chi connectivity index (χ2n) is 6.04. The van der Waals surface area contributed by atoms with Crippen LogP contribution in [-0.2, 0) is 6.54 Å². The molecule has 0 aliphatic heterocycles. The number of nitrogens with one attached hydrogen (secondary N) is 2. The fourth-order valence-electron chi connectivity index (χ4n) is 2.71. The molecule has 0 atom stereocenters. The van der Waals surface area contributed by atoms with Crippen LogP contribution in [0.1, 0.15) is 22.8 Å². The molecule has 0 unspecified atom stereocenters. The van der Waals surface area contributed by atoms with Crippen LogP contribution in [0.3, 0.4) is 0 Å². The summed E-state index contributed by atoms with van der Waals surface area (Å²) < 4.78 is 10.8. The van der Waals surface area contributed by atoms with E-state index in [9.17, 15) is 4.79 Å². The van der Waals surface area contributed by atoms with E-state index >= 15 is 0 Å². The third-order valence-corrected chi connectivity index (χ3v) is 4.10. The van der Waals surface area contributed by atoms with Crippen molar-refractivity contribution in [2.24, 2.45) is 0 Å². The van der Waals surface area contributed by atoms with Crippen LogP contribution in [0.2, 0.25) is 0 Å². The summed E-state index contributed by atoms with van der Waals surface area (Å²) in [4.78, 5) is 16.7. The average Bonchev–Trinajstić information content (AvgIpc) is 2.74. The first-order chi connectivity index (χ1) is 13.7. The number of carbonyl (C=O) groups excluding carboxylic acids is 1. The molecular weight excluding hydrogens is 354 g/mol. The summed E-state index contributed by atoms with van der Waals surface area (Å²) in [5, 5.41) is 6.14. The van der Waals surface area contributed by atoms with Crippen molar-refractivity contribution in [3.05, 3.63) is 78.1 Å². The molecule has 3 aromatic rings. The molecule has 0 spiro atoms. The largest absolute Gasteiger partial charge is 0.496 e. The van der Waals surface area contributed by atoms with Crippen molar-refractivity contribution in [1.82, 2.24) is 4.98 Å². The molecule has 0 bridgehead atoms. The van der Waals surface area contributed by atoms with Crippen molar-refractivity contribution in [2.75, 3.05) is 24.4 Å². The minimum atomic E-state index is -0.224. The van der Waals surface area contributed by atoms with Gasteiger partial charge in [0.15, 0.2) is 0 Å². The summed E-state index contributed by atoms with van der Waals surface area (Å²) in [5.74, 6) is 1.36. The van der Waals surface area contributed by atoms with Gasteiger partial charge in [-0.3, -0.25) is 9.78 Å². The van der Waals surface area contributed by atoms with Gasteiger partial charge in [-0.05, 0) is 43.3 Å². The van der Waals surface area contributed by atoms with Gasteiger partial charge < -0.3 is 20.1 Å². The molecule has 2 N–H and O–H groups in total. The lowest BCUT2D eigenvalue weighted by atomic mass is 10.2. The van der Waals surface area contributed by atoms with Crippen molar-refractivity contribution < 1.29 is 14.3 Å². The van der Waals surface area contributed by atoms with E-state index in [2.05, 4.69) is 15.6 Å². The van der Waals surface area contributed by atoms with Gasteiger partial charge in [-0.25, -0.2) is 0 Å². The average molecular weight is 377 g/mol. The predicted molar refractivity (Wildman–Crippen MR) is 110 cm³/mol. The van der Waals surface area contributed by atoms with Gasteiger partial charge in [0.2, 0.25) is 0 Å². The number of hydrogen-bond donors (Lipinski definition) is 2. The van der Waals surface area contributed by atoms with Crippen molar-refractivity contribution >= 4 is 17.3 Å². The summed E-state index contributed by atoms with van der Waals surface area (Å²) in [6.07, 6.45) is 3.22. The molecule has 0 radical (unpaired) electrons. The fraction of sp³-hybridized carbons (Fsp3) is 0.182. The van der Waals surface area contributed by atoms with E-state index in [0.717, 1.165) is 22.7 Å². The van der Waals surface area contributed by atoms with E-state index in [1.165, 1.54) is 6.20 Å². The monoisotopic (exact) mass is 377 g/mol. The molecular formula is C22H23N3O3. The van der Waals surface area contributed by atoms with E-state index in [4.69, 9.17) is 9.47 Å². The van der Waals surface area contributed by atoms with Crippen LogP contribution in [0, 0.1) is 0 Å². The lowest BCUT2D eigenvalue weighted by molar-refractivity contribution is 0.102. The van der Waals surface area contributed by atoms with Crippen LogP contribution < -0.4 is 20.1 Å². The third-order valence-electron chi connectivity index (χ3n) is 4.10. The van der Waals surface area contributed by atoms with Crippen LogP contribution in [0.4, 0.5) is 11.4 Å². The number of anilines is 2. The molecule has 0 fully saturated rings. The van der Waals surface area contributed by atoms with E-state index in [-0.39, 0.29) is 5.91 Å². The first-order valence-corrected chi connectivity index (χ1v) is 9.04. The molecule has 1 amide bonds. The van der Waals surface area contributed by atoms with E-state index < -0.39 is 0 Å². The highest BCUT2D eigenvalue weighted by Crippen LogP contribution is 2.20. The topological polar surface area (TPSA) is 72.5 Å². The number of benzene rings is 2. The SMILES string of the molecule is CCOc1ccc(NC(=O)c2cncc(NCc3ccccc3OC)c2)cc1. The summed E-state index contributed by atoms with van der Waals surface area (Å²) in [5.41, 5.74) is 2.94. The lowest BCUT2D eigenvalue weighted by Gasteiger charge is -2.11. The molecule has 6 heteroatoms. The molecule has 0 aliphatic rings. The number of pyridine rings is 1. The number of methoxy groups -OCH3 is 1. The van der Waals surface area contributed by atoms with Crippen LogP contribution in [-0.4, -0.2) is 24.6 Å². The highest BCUT2D eigenvalue weighted by Gasteiger charge is 2.09. The van der Waals surface area contributed by atoms with Crippen LogP contribution >= 0.6 is 0 Å². The maximum absolute atomic E-state index is 12.5. The number of amides is 1. The van der Waals surface area contributed by atoms with Gasteiger partial charge in [0.25, 0.3) is 5.91 Å². The summed E-state index contributed by atoms with van der Waals surface area (Å²) in [6.45, 7) is 3.10. The molecule has 3 rings (SSSR count). The Bertz CT molecular complexity index is 926. The van der Waals surface area contributed by atoms with E-state index in [1.807, 2.05) is 43.3 Å². The molecule has 2 aromatic carbocycles. The Hall–Kier alpha value is -3.54. The maximum Gasteiger partial charge on any atom is 0.257 e. The van der Waals surface area contributed by atoms with Crippen molar-refractivity contribution in [3.8, 4) is 11.5 Å². The van der Waals surface area contributed by atoms with Gasteiger partial charge in [-0.2, -0.15) is 0 Å². The molecule has 1 heterocycles. The fourth-order valence-corrected chi connectivity index (χ4v) is 2.71. The Morgan fingerprint density at radius 3 is 2.57 bits per heavy atom. The Labute approximate surface area is 164 Å². The van der Waals surface area contributed by atoms with Gasteiger partial charge in [0, 0.05) is 30.2 Å². The smallest absolute Gasteiger partial charge is 0.257 e. The first-order valence-electron chi connectivity index (χ1n) is 9.04. The number of aromatic nitrogens is 1. The summed E-state index contributed by atoms with van der Waals surface area (Å²) >= 11 is 0. The minimum absolute atomic E-state index is 0.224. The molecule has 144 valence electrons. The Kier molecular flexibility index (Phi) is 6.46. The van der Waals surface area contributed by atoms with Crippen molar-refractivity contribution in [2.45, 2.75) is 13.5 Å². The van der Waals surface area contributed by atoms with E-state index in [0.29, 0.717) is 24.4 Å². The summed E-state index contributed by atoms with van der Waals surface area (Å²) in [6, 6.07) is 16.8. The molecule has 6 nitrogen and oxygen atoms in total. The van der Waals surface area contributed by atoms with Crippen LogP contribution in [0.5, 0.6) is 11.5 Å². The molecule has 28 heavy (non-hydrogen) atoms. The highest BCUT2D eigenvalue weighted by molar-refractivity contribution is 6.04. The first kappa shape index (κ1) is 19.2. The zero-order valence-electron chi connectivity index (χ0n) is 15.9. The number of rotatable bonds is 8. The maximum atomic E-state index is 12.5. The third kappa shape index (κ3) is 5.01. The van der Waals surface area contributed by atoms with Crippen LogP contribution in [0.25, 0.3) is 0 Å². The molecule has 0 aliphatic carbocycles. The molecule has 1 aromatic heterocycles. The van der Waals surface area contributed by atoms with Gasteiger partial charge in [0.1, 0.15) is 11.5 Å². The quantitative estimate of drug-likeness (QED) is 0.610. The minimum Gasteiger partial charge on any atom is -0.496 e. The predicted octanol–water partition coefficient (Wildman–Crippen LogP) is 4.35. The Morgan fingerprint density at radius 1 is 1.04 bits per heavy atom. The zero-order valence-corrected chi connectivity index (χ0v) is 15.9. The second-order valence-corrected chi connectivity index (χ2v) is 6.04. The number of nitrogens with zero attached hydrogens (tertiary/aromatic N) is 1. The van der Waals surface area contributed by atoms with Crippen molar-refractivity contribution in [1.29, 1.82) is 0 Å². The normalized spacial score (nSPS) is 10.2. The van der Waals surface area contributed by atoms with Gasteiger partial charge in [-0.15, -0.1) is 0 Å². The van der Waals surface area contributed by atoms with Gasteiger partial charge in [-0.1, -0.05) is 18.2 Å². The number of carbonyl (C=O) groups is 1. The van der Waals surface area contributed by atoms with Gasteiger partial charge in [0.05, 0.1) is 25.0 Å². The Morgan fingerprint density at radius 2 is 1.82 bits per heavy atom. The second kappa shape index (κ2) is 9.41. The highest BCUT2D eigenvalue weighted by atomic mass is 16.5. The lowest BCUT2D eigenvalue weighted by Crippen LogP contribution is -2.13. The molecule has 0 saturated heterocycles. The van der Waals surface area contributed by atoms with Gasteiger partial charge >= 0.3 is 0 Å². The summed E-state index contributed by atoms with van der Waals surface area (Å²) in [7, 11) is 1.65. The zero-order chi connectivity index (χ0) is 19.8. The van der Waals surface area contributed by atoms with E-state index in [1.54, 1.807) is 31.5 Å². The standard InChI is InChI=1S/C22H23N3O3/c1-3-28-20-10-8-18(9-11-20)25-22(26)17-12-19(15-23-13-17)24-14-16-6-4-5-7-21(16)27-2/h4-13,15,24H,3,14H2,1-2H3,(H,25,26). The Balaban J connectivity index is 1.64. The van der Waals surface area contributed by atoms with Crippen molar-refractivity contribution in [3.63, 3.8) is 0 Å². The van der Waals surface area contributed by atoms with Crippen LogP contribution in [0.15, 0.2) is 67.0 Å². The molecule has 0 saturated carbocycles.